The summed E-state index contributed by atoms with van der Waals surface area (Å²) in [5, 5.41) is 12.9. The van der Waals surface area contributed by atoms with Crippen LogP contribution in [0.4, 0.5) is 5.82 Å². The number of likely N-dealkylation sites (tertiary alicyclic amines) is 1. The van der Waals surface area contributed by atoms with E-state index < -0.39 is 0 Å². The molecule has 1 aliphatic heterocycles. The summed E-state index contributed by atoms with van der Waals surface area (Å²) in [6.07, 6.45) is 6.22. The number of aliphatic hydroxyl groups is 1. The van der Waals surface area contributed by atoms with E-state index in [9.17, 15) is 9.90 Å². The standard InChI is InChI=1S/C18H22N4O3/c23-14-8-12(9-14)15-10-17(20-11-19-15)21-13-3-5-22(6-4-13)18(24)16-2-1-7-25-16/h1-2,7,10-14,23H,3-6,8-9H2,(H,19,20,21). The molecule has 3 heterocycles. The van der Waals surface area contributed by atoms with Crippen LogP contribution in [-0.4, -0.2) is 51.1 Å². The molecule has 0 radical (unpaired) electrons. The number of aliphatic hydroxyl groups excluding tert-OH is 1. The van der Waals surface area contributed by atoms with Gasteiger partial charge in [-0.1, -0.05) is 0 Å². The van der Waals surface area contributed by atoms with E-state index in [0.29, 0.717) is 24.8 Å². The number of piperidine rings is 1. The quantitative estimate of drug-likeness (QED) is 0.883. The van der Waals surface area contributed by atoms with Crippen molar-refractivity contribution in [3.63, 3.8) is 0 Å². The summed E-state index contributed by atoms with van der Waals surface area (Å²) in [5.74, 6) is 1.51. The summed E-state index contributed by atoms with van der Waals surface area (Å²) in [5.41, 5.74) is 0.994. The molecule has 0 unspecified atom stereocenters. The summed E-state index contributed by atoms with van der Waals surface area (Å²) in [6.45, 7) is 1.40. The van der Waals surface area contributed by atoms with Gasteiger partial charge in [-0.15, -0.1) is 0 Å². The Kier molecular flexibility index (Phi) is 4.40. The first-order valence-corrected chi connectivity index (χ1v) is 8.78. The first kappa shape index (κ1) is 16.1. The van der Waals surface area contributed by atoms with Crippen molar-refractivity contribution in [1.29, 1.82) is 0 Å². The monoisotopic (exact) mass is 342 g/mol. The van der Waals surface area contributed by atoms with Gasteiger partial charge in [-0.05, 0) is 37.8 Å². The molecule has 2 N–H and O–H groups in total. The number of carbonyl (C=O) groups is 1. The Balaban J connectivity index is 1.31. The van der Waals surface area contributed by atoms with E-state index >= 15 is 0 Å². The van der Waals surface area contributed by atoms with Crippen molar-refractivity contribution in [1.82, 2.24) is 14.9 Å². The van der Waals surface area contributed by atoms with E-state index in [1.54, 1.807) is 18.5 Å². The number of nitrogens with one attached hydrogen (secondary N) is 1. The molecule has 1 saturated heterocycles. The summed E-state index contributed by atoms with van der Waals surface area (Å²) < 4.78 is 5.19. The third-order valence-electron chi connectivity index (χ3n) is 5.09. The Bertz CT molecular complexity index is 720. The molecule has 25 heavy (non-hydrogen) atoms. The lowest BCUT2D eigenvalue weighted by Gasteiger charge is -2.33. The van der Waals surface area contributed by atoms with Gasteiger partial charge >= 0.3 is 0 Å². The molecule has 2 fully saturated rings. The number of hydrogen-bond acceptors (Lipinski definition) is 6. The fourth-order valence-corrected chi connectivity index (χ4v) is 3.50. The zero-order chi connectivity index (χ0) is 17.2. The topological polar surface area (TPSA) is 91.5 Å². The van der Waals surface area contributed by atoms with Crippen molar-refractivity contribution in [2.45, 2.75) is 43.7 Å². The average molecular weight is 342 g/mol. The van der Waals surface area contributed by atoms with Gasteiger partial charge in [0.05, 0.1) is 12.4 Å². The Morgan fingerprint density at radius 3 is 2.76 bits per heavy atom. The smallest absolute Gasteiger partial charge is 0.289 e. The van der Waals surface area contributed by atoms with E-state index in [2.05, 4.69) is 15.3 Å². The second-order valence-electron chi connectivity index (χ2n) is 6.84. The van der Waals surface area contributed by atoms with Crippen molar-refractivity contribution in [3.05, 3.63) is 42.2 Å². The number of aromatic nitrogens is 2. The molecule has 0 aromatic carbocycles. The number of anilines is 1. The molecule has 0 spiro atoms. The highest BCUT2D eigenvalue weighted by Gasteiger charge is 2.30. The molecule has 4 rings (SSSR count). The minimum absolute atomic E-state index is 0.0451. The van der Waals surface area contributed by atoms with Crippen LogP contribution in [0.5, 0.6) is 0 Å². The molecular formula is C18H22N4O3. The molecule has 1 amide bonds. The number of nitrogens with zero attached hydrogens (tertiary/aromatic N) is 3. The second-order valence-corrected chi connectivity index (χ2v) is 6.84. The van der Waals surface area contributed by atoms with Gasteiger partial charge in [0.1, 0.15) is 12.1 Å². The lowest BCUT2D eigenvalue weighted by Crippen LogP contribution is -2.42. The van der Waals surface area contributed by atoms with E-state index in [1.807, 2.05) is 11.0 Å². The molecule has 0 atom stereocenters. The fraction of sp³-hybridized carbons (Fsp3) is 0.500. The second kappa shape index (κ2) is 6.84. The van der Waals surface area contributed by atoms with E-state index in [-0.39, 0.29) is 18.1 Å². The highest BCUT2D eigenvalue weighted by Crippen LogP contribution is 2.36. The van der Waals surface area contributed by atoms with Crippen LogP contribution in [0.15, 0.2) is 35.2 Å². The van der Waals surface area contributed by atoms with Gasteiger partial charge in [-0.3, -0.25) is 4.79 Å². The zero-order valence-corrected chi connectivity index (χ0v) is 14.0. The minimum atomic E-state index is -0.188. The lowest BCUT2D eigenvalue weighted by molar-refractivity contribution is 0.0685. The maximum Gasteiger partial charge on any atom is 0.289 e. The van der Waals surface area contributed by atoms with Gasteiger partial charge in [0, 0.05) is 36.8 Å². The first-order chi connectivity index (χ1) is 12.2. The predicted molar refractivity (Wildman–Crippen MR) is 91.3 cm³/mol. The summed E-state index contributed by atoms with van der Waals surface area (Å²) in [6, 6.07) is 5.70. The van der Waals surface area contributed by atoms with Crippen LogP contribution < -0.4 is 5.32 Å². The van der Waals surface area contributed by atoms with Crippen LogP contribution in [-0.2, 0) is 0 Å². The molecule has 2 aromatic rings. The van der Waals surface area contributed by atoms with Crippen LogP contribution in [0.2, 0.25) is 0 Å². The fourth-order valence-electron chi connectivity index (χ4n) is 3.50. The molecular weight excluding hydrogens is 320 g/mol. The van der Waals surface area contributed by atoms with E-state index in [1.165, 1.54) is 6.26 Å². The maximum atomic E-state index is 12.3. The summed E-state index contributed by atoms with van der Waals surface area (Å²) >= 11 is 0. The van der Waals surface area contributed by atoms with Gasteiger partial charge in [0.25, 0.3) is 5.91 Å². The van der Waals surface area contributed by atoms with Crippen molar-refractivity contribution in [3.8, 4) is 0 Å². The maximum absolute atomic E-state index is 12.3. The Labute approximate surface area is 146 Å². The lowest BCUT2D eigenvalue weighted by atomic mass is 9.80. The largest absolute Gasteiger partial charge is 0.459 e. The predicted octanol–water partition coefficient (Wildman–Crippen LogP) is 2.02. The van der Waals surface area contributed by atoms with Crippen LogP contribution in [0.1, 0.15) is 47.8 Å². The number of rotatable bonds is 4. The third-order valence-corrected chi connectivity index (χ3v) is 5.09. The van der Waals surface area contributed by atoms with E-state index in [4.69, 9.17) is 4.42 Å². The molecule has 132 valence electrons. The number of hydrogen-bond donors (Lipinski definition) is 2. The van der Waals surface area contributed by atoms with Gasteiger partial charge in [-0.25, -0.2) is 9.97 Å². The molecule has 1 aliphatic carbocycles. The average Bonchev–Trinajstić information content (AvgIpc) is 3.14. The molecule has 2 aromatic heterocycles. The van der Waals surface area contributed by atoms with Crippen molar-refractivity contribution in [2.75, 3.05) is 18.4 Å². The van der Waals surface area contributed by atoms with Gasteiger partial charge in [0.15, 0.2) is 5.76 Å². The molecule has 0 bridgehead atoms. The summed E-state index contributed by atoms with van der Waals surface area (Å²) in [7, 11) is 0. The minimum Gasteiger partial charge on any atom is -0.459 e. The molecule has 1 saturated carbocycles. The van der Waals surface area contributed by atoms with Crippen LogP contribution in [0.25, 0.3) is 0 Å². The Morgan fingerprint density at radius 1 is 1.28 bits per heavy atom. The molecule has 2 aliphatic rings. The number of carbonyl (C=O) groups excluding carboxylic acids is 1. The van der Waals surface area contributed by atoms with Crippen LogP contribution >= 0.6 is 0 Å². The van der Waals surface area contributed by atoms with Crippen molar-refractivity contribution in [2.24, 2.45) is 0 Å². The van der Waals surface area contributed by atoms with Gasteiger partial charge in [-0.2, -0.15) is 0 Å². The first-order valence-electron chi connectivity index (χ1n) is 8.78. The van der Waals surface area contributed by atoms with E-state index in [0.717, 1.165) is 37.2 Å². The number of furan rings is 1. The van der Waals surface area contributed by atoms with Crippen molar-refractivity contribution >= 4 is 11.7 Å². The SMILES string of the molecule is O=C(c1ccco1)N1CCC(Nc2cc(C3CC(O)C3)ncn2)CC1. The highest BCUT2D eigenvalue weighted by molar-refractivity contribution is 5.91. The number of amides is 1. The Hall–Kier alpha value is -2.41. The Morgan fingerprint density at radius 2 is 2.08 bits per heavy atom. The zero-order valence-electron chi connectivity index (χ0n) is 14.0. The van der Waals surface area contributed by atoms with Crippen LogP contribution in [0.3, 0.4) is 0 Å². The molecule has 7 heteroatoms. The third kappa shape index (κ3) is 3.51. The highest BCUT2D eigenvalue weighted by atomic mass is 16.3. The summed E-state index contributed by atoms with van der Waals surface area (Å²) in [4.78, 5) is 22.7. The normalized spacial score (nSPS) is 24.0. The van der Waals surface area contributed by atoms with Gasteiger partial charge in [0.2, 0.25) is 0 Å². The molecule has 7 nitrogen and oxygen atoms in total. The van der Waals surface area contributed by atoms with Crippen molar-refractivity contribution < 1.29 is 14.3 Å². The van der Waals surface area contributed by atoms with Gasteiger partial charge < -0.3 is 19.7 Å². The van der Waals surface area contributed by atoms with Crippen LogP contribution in [0, 0.1) is 0 Å².